The van der Waals surface area contributed by atoms with Gasteiger partial charge in [-0.15, -0.1) is 0 Å². The molecule has 3 N–H and O–H groups in total. The number of hydrogen-bond acceptors (Lipinski definition) is 5. The molecule has 9 heteroatoms. The van der Waals surface area contributed by atoms with E-state index in [2.05, 4.69) is 4.74 Å². The van der Waals surface area contributed by atoms with Crippen LogP contribution in [-0.2, 0) is 4.74 Å². The zero-order valence-electron chi connectivity index (χ0n) is 9.84. The second-order valence-electron chi connectivity index (χ2n) is 4.49. The Bertz CT molecular complexity index is 598. The van der Waals surface area contributed by atoms with Crippen LogP contribution < -0.4 is 11.2 Å². The van der Waals surface area contributed by atoms with Crippen LogP contribution in [0.3, 0.4) is 0 Å². The highest BCUT2D eigenvalue weighted by Crippen LogP contribution is 2.46. The largest absolute Gasteiger partial charge is 0.390 e. The quantitative estimate of drug-likeness (QED) is 0.631. The minimum atomic E-state index is -3.02. The molecule has 1 aliphatic heterocycles. The average molecular weight is 278 g/mol. The predicted octanol–water partition coefficient (Wildman–Crippen LogP) is -1.19. The molecule has 0 spiro atoms. The first-order valence-corrected chi connectivity index (χ1v) is 5.38. The highest BCUT2D eigenvalue weighted by molar-refractivity contribution is 5.04. The fourth-order valence-electron chi connectivity index (χ4n) is 1.99. The van der Waals surface area contributed by atoms with Crippen molar-refractivity contribution < 1.29 is 23.7 Å². The maximum Gasteiger partial charge on any atom is 0.330 e. The van der Waals surface area contributed by atoms with E-state index in [4.69, 9.17) is 5.11 Å². The lowest BCUT2D eigenvalue weighted by Gasteiger charge is -2.24. The van der Waals surface area contributed by atoms with Gasteiger partial charge in [0.25, 0.3) is 11.4 Å². The Labute approximate surface area is 105 Å². The van der Waals surface area contributed by atoms with E-state index in [0.29, 0.717) is 4.57 Å². The van der Waals surface area contributed by atoms with E-state index in [1.54, 1.807) is 0 Å². The van der Waals surface area contributed by atoms with E-state index in [1.165, 1.54) is 0 Å². The lowest BCUT2D eigenvalue weighted by atomic mass is 9.97. The number of alkyl halides is 2. The van der Waals surface area contributed by atoms with E-state index >= 15 is 0 Å². The number of aromatic nitrogens is 2. The summed E-state index contributed by atoms with van der Waals surface area (Å²) >= 11 is 0. The van der Waals surface area contributed by atoms with Crippen LogP contribution in [0, 0.1) is 0 Å². The van der Waals surface area contributed by atoms with Crippen LogP contribution in [0.1, 0.15) is 13.2 Å². The molecule has 106 valence electrons. The molecular formula is C10H12F2N2O5. The van der Waals surface area contributed by atoms with E-state index in [1.807, 2.05) is 4.98 Å². The van der Waals surface area contributed by atoms with Gasteiger partial charge in [0.05, 0.1) is 0 Å². The van der Waals surface area contributed by atoms with Gasteiger partial charge in [-0.05, 0) is 6.92 Å². The van der Waals surface area contributed by atoms with Crippen molar-refractivity contribution in [2.45, 2.75) is 30.8 Å². The third-order valence-corrected chi connectivity index (χ3v) is 3.05. The Hall–Kier alpha value is -1.58. The van der Waals surface area contributed by atoms with Crippen molar-refractivity contribution in [1.29, 1.82) is 0 Å². The number of aliphatic hydroxyl groups excluding tert-OH is 2. The second-order valence-corrected chi connectivity index (χ2v) is 4.49. The Balaban J connectivity index is 2.51. The molecule has 2 heterocycles. The summed E-state index contributed by atoms with van der Waals surface area (Å²) in [4.78, 5) is 24.3. The summed E-state index contributed by atoms with van der Waals surface area (Å²) in [7, 11) is 0. The first-order chi connectivity index (χ1) is 8.72. The topological polar surface area (TPSA) is 105 Å². The van der Waals surface area contributed by atoms with Gasteiger partial charge in [0.2, 0.25) is 0 Å². The monoisotopic (exact) mass is 278 g/mol. The number of H-pyrrole nitrogens is 1. The maximum atomic E-state index is 14.3. The van der Waals surface area contributed by atoms with E-state index < -0.39 is 41.7 Å². The van der Waals surface area contributed by atoms with Gasteiger partial charge in [0, 0.05) is 12.3 Å². The zero-order valence-corrected chi connectivity index (χ0v) is 9.84. The molecule has 1 aromatic heterocycles. The molecule has 2 rings (SSSR count). The molecule has 1 fully saturated rings. The van der Waals surface area contributed by atoms with Gasteiger partial charge in [0.1, 0.15) is 6.61 Å². The minimum absolute atomic E-state index is 0.599. The van der Waals surface area contributed by atoms with Crippen molar-refractivity contribution >= 4 is 0 Å². The van der Waals surface area contributed by atoms with Gasteiger partial charge in [-0.1, -0.05) is 0 Å². The van der Waals surface area contributed by atoms with Crippen molar-refractivity contribution in [3.63, 3.8) is 0 Å². The summed E-state index contributed by atoms with van der Waals surface area (Å²) < 4.78 is 33.5. The SMILES string of the molecule is C[C@@]1(F)[C@H](n2ccc(=O)[nH]c2=O)O[C@](F)(CO)[C@H]1O. The number of rotatable bonds is 2. The van der Waals surface area contributed by atoms with E-state index in [9.17, 15) is 23.5 Å². The standard InChI is InChI=1S/C10H12F2N2O5/c1-9(11)6(17)10(12,4-15)19-7(9)14-3-2-5(16)13-8(14)18/h2-3,6-7,15,17H,4H2,1H3,(H,13,16,18)/t6-,7+,9-,10+/m0/s1. The highest BCUT2D eigenvalue weighted by Gasteiger charge is 2.64. The number of hydrogen-bond donors (Lipinski definition) is 3. The van der Waals surface area contributed by atoms with Gasteiger partial charge >= 0.3 is 5.69 Å². The number of aliphatic hydroxyl groups is 2. The van der Waals surface area contributed by atoms with Crippen LogP contribution in [0.25, 0.3) is 0 Å². The molecule has 7 nitrogen and oxygen atoms in total. The van der Waals surface area contributed by atoms with Gasteiger partial charge in [-0.25, -0.2) is 13.6 Å². The third kappa shape index (κ3) is 1.99. The first kappa shape index (κ1) is 13.8. The molecule has 4 atom stereocenters. The normalized spacial score (nSPS) is 38.6. The zero-order chi connectivity index (χ0) is 14.4. The molecule has 0 saturated carbocycles. The van der Waals surface area contributed by atoms with Crippen LogP contribution in [0.4, 0.5) is 8.78 Å². The summed E-state index contributed by atoms with van der Waals surface area (Å²) in [6.45, 7) is -0.445. The molecule has 0 radical (unpaired) electrons. The number of halogens is 2. The van der Waals surface area contributed by atoms with Gasteiger partial charge in [-0.2, -0.15) is 0 Å². The molecular weight excluding hydrogens is 266 g/mol. The summed E-state index contributed by atoms with van der Waals surface area (Å²) in [5.74, 6) is -3.02. The molecule has 0 bridgehead atoms. The second kappa shape index (κ2) is 4.22. The van der Waals surface area contributed by atoms with Crippen LogP contribution >= 0.6 is 0 Å². The Morgan fingerprint density at radius 3 is 2.63 bits per heavy atom. The van der Waals surface area contributed by atoms with Crippen LogP contribution in [0.5, 0.6) is 0 Å². The van der Waals surface area contributed by atoms with Gasteiger partial charge in [-0.3, -0.25) is 14.3 Å². The molecule has 1 aliphatic rings. The number of ether oxygens (including phenoxy) is 1. The molecule has 1 saturated heterocycles. The Morgan fingerprint density at radius 2 is 2.16 bits per heavy atom. The Kier molecular flexibility index (Phi) is 3.07. The van der Waals surface area contributed by atoms with Crippen molar-refractivity contribution in [3.05, 3.63) is 33.1 Å². The predicted molar refractivity (Wildman–Crippen MR) is 57.9 cm³/mol. The number of aromatic amines is 1. The van der Waals surface area contributed by atoms with E-state index in [-0.39, 0.29) is 0 Å². The third-order valence-electron chi connectivity index (χ3n) is 3.05. The molecule has 0 aliphatic carbocycles. The average Bonchev–Trinajstić information content (AvgIpc) is 2.51. The number of nitrogens with zero attached hydrogens (tertiary/aromatic N) is 1. The van der Waals surface area contributed by atoms with Crippen molar-refractivity contribution in [2.75, 3.05) is 6.61 Å². The lowest BCUT2D eigenvalue weighted by molar-refractivity contribution is -0.207. The summed E-state index contributed by atoms with van der Waals surface area (Å²) in [6, 6.07) is 0.921. The van der Waals surface area contributed by atoms with Gasteiger partial charge in [0.15, 0.2) is 18.0 Å². The van der Waals surface area contributed by atoms with Crippen LogP contribution in [-0.4, -0.2) is 44.0 Å². The molecule has 0 amide bonds. The van der Waals surface area contributed by atoms with Crippen LogP contribution in [0.15, 0.2) is 21.9 Å². The molecule has 19 heavy (non-hydrogen) atoms. The lowest BCUT2D eigenvalue weighted by Crippen LogP contribution is -2.47. The molecule has 1 aromatic rings. The molecule has 0 aromatic carbocycles. The van der Waals surface area contributed by atoms with Crippen LogP contribution in [0.2, 0.25) is 0 Å². The number of nitrogens with one attached hydrogen (secondary N) is 1. The first-order valence-electron chi connectivity index (χ1n) is 5.38. The smallest absolute Gasteiger partial charge is 0.330 e. The molecule has 0 unspecified atom stereocenters. The Morgan fingerprint density at radius 1 is 1.53 bits per heavy atom. The van der Waals surface area contributed by atoms with Crippen molar-refractivity contribution in [3.8, 4) is 0 Å². The van der Waals surface area contributed by atoms with E-state index in [0.717, 1.165) is 19.2 Å². The highest BCUT2D eigenvalue weighted by atomic mass is 19.2. The summed E-state index contributed by atoms with van der Waals surface area (Å²) in [6.07, 6.45) is -3.18. The van der Waals surface area contributed by atoms with Crippen molar-refractivity contribution in [1.82, 2.24) is 9.55 Å². The summed E-state index contributed by atoms with van der Waals surface area (Å²) in [5, 5.41) is 18.4. The fourth-order valence-corrected chi connectivity index (χ4v) is 1.99. The maximum absolute atomic E-state index is 14.3. The summed E-state index contributed by atoms with van der Waals surface area (Å²) in [5.41, 5.74) is -4.40. The van der Waals surface area contributed by atoms with Gasteiger partial charge < -0.3 is 14.9 Å². The van der Waals surface area contributed by atoms with Crippen molar-refractivity contribution in [2.24, 2.45) is 0 Å². The fraction of sp³-hybridized carbons (Fsp3) is 0.600. The minimum Gasteiger partial charge on any atom is -0.390 e.